The minimum Gasteiger partial charge on any atom is -0.366 e. The molecule has 0 heterocycles. The molecule has 0 fully saturated rings. The van der Waals surface area contributed by atoms with Crippen LogP contribution in [0, 0.1) is 0 Å². The molecule has 0 aromatic heterocycles. The Kier molecular flexibility index (Phi) is 5.54. The average molecular weight is 274 g/mol. The van der Waals surface area contributed by atoms with Crippen molar-refractivity contribution in [3.05, 3.63) is 35.4 Å². The van der Waals surface area contributed by atoms with E-state index in [0.717, 1.165) is 12.1 Å². The molecule has 0 saturated heterocycles. The number of rotatable bonds is 6. The van der Waals surface area contributed by atoms with Crippen LogP contribution in [0.1, 0.15) is 43.9 Å². The smallest absolute Gasteiger partial charge is 0.366 e. The van der Waals surface area contributed by atoms with Gasteiger partial charge in [-0.05, 0) is 31.0 Å². The van der Waals surface area contributed by atoms with E-state index in [1.807, 2.05) is 6.92 Å². The summed E-state index contributed by atoms with van der Waals surface area (Å²) in [4.78, 5) is 11.9. The highest BCUT2D eigenvalue weighted by atomic mass is 19.4. The second-order valence-corrected chi connectivity index (χ2v) is 4.17. The van der Waals surface area contributed by atoms with E-state index in [0.29, 0.717) is 12.8 Å². The van der Waals surface area contributed by atoms with Gasteiger partial charge in [-0.15, -0.1) is 0 Å². The molecule has 19 heavy (non-hydrogen) atoms. The molecule has 0 amide bonds. The van der Waals surface area contributed by atoms with Crippen LogP contribution in [0.3, 0.4) is 0 Å². The van der Waals surface area contributed by atoms with E-state index in [-0.39, 0.29) is 18.0 Å². The van der Waals surface area contributed by atoms with Crippen molar-refractivity contribution in [1.29, 1.82) is 0 Å². The molecule has 0 bridgehead atoms. The SMILES string of the molecule is CCCC(=O)C(OCC)c1cccc(C(F)(F)F)c1. The van der Waals surface area contributed by atoms with E-state index in [1.54, 1.807) is 6.92 Å². The maximum absolute atomic E-state index is 12.6. The topological polar surface area (TPSA) is 26.3 Å². The first-order valence-corrected chi connectivity index (χ1v) is 6.21. The third-order valence-corrected chi connectivity index (χ3v) is 2.64. The number of benzene rings is 1. The number of carbonyl (C=O) groups excluding carboxylic acids is 1. The molecule has 0 N–H and O–H groups in total. The fourth-order valence-electron chi connectivity index (χ4n) is 1.80. The van der Waals surface area contributed by atoms with Gasteiger partial charge in [0.1, 0.15) is 6.10 Å². The molecule has 2 nitrogen and oxygen atoms in total. The summed E-state index contributed by atoms with van der Waals surface area (Å²) in [5, 5.41) is 0. The van der Waals surface area contributed by atoms with E-state index in [4.69, 9.17) is 4.74 Å². The highest BCUT2D eigenvalue weighted by Gasteiger charge is 2.31. The number of alkyl halides is 3. The predicted molar refractivity (Wildman–Crippen MR) is 65.7 cm³/mol. The van der Waals surface area contributed by atoms with Crippen LogP contribution in [-0.4, -0.2) is 12.4 Å². The molecular formula is C14H17F3O2. The van der Waals surface area contributed by atoms with Crippen molar-refractivity contribution in [2.75, 3.05) is 6.61 Å². The Morgan fingerprint density at radius 3 is 2.53 bits per heavy atom. The predicted octanol–water partition coefficient (Wildman–Crippen LogP) is 4.15. The van der Waals surface area contributed by atoms with Crippen LogP contribution in [0.2, 0.25) is 0 Å². The monoisotopic (exact) mass is 274 g/mol. The fourth-order valence-corrected chi connectivity index (χ4v) is 1.80. The van der Waals surface area contributed by atoms with Gasteiger partial charge in [0.25, 0.3) is 0 Å². The summed E-state index contributed by atoms with van der Waals surface area (Å²) in [6.45, 7) is 3.82. The standard InChI is InChI=1S/C14H17F3O2/c1-3-6-12(18)13(19-4-2)10-7-5-8-11(9-10)14(15,16)17/h5,7-9,13H,3-4,6H2,1-2H3. The molecule has 1 unspecified atom stereocenters. The van der Waals surface area contributed by atoms with E-state index < -0.39 is 17.8 Å². The normalized spacial score (nSPS) is 13.3. The van der Waals surface area contributed by atoms with Crippen LogP contribution in [0.5, 0.6) is 0 Å². The van der Waals surface area contributed by atoms with Gasteiger partial charge in [0.2, 0.25) is 0 Å². The van der Waals surface area contributed by atoms with Gasteiger partial charge < -0.3 is 4.74 Å². The molecule has 0 aliphatic rings. The van der Waals surface area contributed by atoms with Crippen molar-refractivity contribution in [1.82, 2.24) is 0 Å². The van der Waals surface area contributed by atoms with Crippen LogP contribution in [-0.2, 0) is 15.7 Å². The molecule has 0 aliphatic heterocycles. The lowest BCUT2D eigenvalue weighted by Crippen LogP contribution is -2.17. The molecule has 5 heteroatoms. The average Bonchev–Trinajstić information content (AvgIpc) is 2.35. The molecule has 0 aliphatic carbocycles. The van der Waals surface area contributed by atoms with Gasteiger partial charge >= 0.3 is 6.18 Å². The van der Waals surface area contributed by atoms with Gasteiger partial charge in [-0.2, -0.15) is 13.2 Å². The summed E-state index contributed by atoms with van der Waals surface area (Å²) >= 11 is 0. The van der Waals surface area contributed by atoms with Gasteiger partial charge in [-0.1, -0.05) is 19.1 Å². The summed E-state index contributed by atoms with van der Waals surface area (Å²) < 4.78 is 43.2. The van der Waals surface area contributed by atoms with Gasteiger partial charge in [-0.25, -0.2) is 0 Å². The molecule has 0 saturated carbocycles. The summed E-state index contributed by atoms with van der Waals surface area (Å²) in [7, 11) is 0. The van der Waals surface area contributed by atoms with Gasteiger partial charge in [-0.3, -0.25) is 4.79 Å². The van der Waals surface area contributed by atoms with E-state index in [9.17, 15) is 18.0 Å². The lowest BCUT2D eigenvalue weighted by Gasteiger charge is -2.17. The molecule has 106 valence electrons. The highest BCUT2D eigenvalue weighted by Crippen LogP contribution is 2.31. The minimum atomic E-state index is -4.42. The first kappa shape index (κ1) is 15.7. The first-order valence-electron chi connectivity index (χ1n) is 6.21. The second kappa shape index (κ2) is 6.70. The molecule has 0 radical (unpaired) electrons. The van der Waals surface area contributed by atoms with Crippen LogP contribution >= 0.6 is 0 Å². The zero-order valence-corrected chi connectivity index (χ0v) is 11.0. The fraction of sp³-hybridized carbons (Fsp3) is 0.500. The van der Waals surface area contributed by atoms with Crippen molar-refractivity contribution in [3.8, 4) is 0 Å². The number of hydrogen-bond donors (Lipinski definition) is 0. The summed E-state index contributed by atoms with van der Waals surface area (Å²) in [5.41, 5.74) is -0.505. The van der Waals surface area contributed by atoms with Gasteiger partial charge in [0, 0.05) is 13.0 Å². The minimum absolute atomic E-state index is 0.191. The van der Waals surface area contributed by atoms with Gasteiger partial charge in [0.05, 0.1) is 5.56 Å². The van der Waals surface area contributed by atoms with Gasteiger partial charge in [0.15, 0.2) is 5.78 Å². The van der Waals surface area contributed by atoms with Crippen molar-refractivity contribution in [2.24, 2.45) is 0 Å². The highest BCUT2D eigenvalue weighted by molar-refractivity contribution is 5.84. The van der Waals surface area contributed by atoms with Crippen LogP contribution in [0.4, 0.5) is 13.2 Å². The molecule has 0 spiro atoms. The first-order chi connectivity index (χ1) is 8.90. The molecule has 1 atom stereocenters. The largest absolute Gasteiger partial charge is 0.416 e. The van der Waals surface area contributed by atoms with Crippen molar-refractivity contribution < 1.29 is 22.7 Å². The molecule has 1 aromatic rings. The van der Waals surface area contributed by atoms with Crippen LogP contribution in [0.15, 0.2) is 24.3 Å². The number of ether oxygens (including phenoxy) is 1. The Labute approximate surface area is 110 Å². The molecular weight excluding hydrogens is 257 g/mol. The van der Waals surface area contributed by atoms with E-state index in [2.05, 4.69) is 0 Å². The number of Topliss-reactive ketones (excluding diaryl/α,β-unsaturated/α-hetero) is 1. The van der Waals surface area contributed by atoms with E-state index in [1.165, 1.54) is 12.1 Å². The lowest BCUT2D eigenvalue weighted by molar-refractivity contribution is -0.138. The maximum Gasteiger partial charge on any atom is 0.416 e. The maximum atomic E-state index is 12.6. The Morgan fingerprint density at radius 2 is 2.00 bits per heavy atom. The summed E-state index contributed by atoms with van der Waals surface area (Å²) in [5.74, 6) is -0.191. The van der Waals surface area contributed by atoms with E-state index >= 15 is 0 Å². The van der Waals surface area contributed by atoms with Crippen LogP contribution in [0.25, 0.3) is 0 Å². The summed E-state index contributed by atoms with van der Waals surface area (Å²) in [6, 6.07) is 4.75. The zero-order valence-electron chi connectivity index (χ0n) is 11.0. The van der Waals surface area contributed by atoms with Crippen molar-refractivity contribution >= 4 is 5.78 Å². The molecule has 1 rings (SSSR count). The number of ketones is 1. The quantitative estimate of drug-likeness (QED) is 0.778. The second-order valence-electron chi connectivity index (χ2n) is 4.17. The number of carbonyl (C=O) groups is 1. The molecule has 1 aromatic carbocycles. The summed E-state index contributed by atoms with van der Waals surface area (Å²) in [6.07, 6.45) is -4.39. The third kappa shape index (κ3) is 4.35. The number of hydrogen-bond acceptors (Lipinski definition) is 2. The van der Waals surface area contributed by atoms with Crippen LogP contribution < -0.4 is 0 Å². The van der Waals surface area contributed by atoms with Crippen molar-refractivity contribution in [2.45, 2.75) is 39.0 Å². The Bertz CT molecular complexity index is 427. The zero-order chi connectivity index (χ0) is 14.5. The lowest BCUT2D eigenvalue weighted by atomic mass is 10.00. The van der Waals surface area contributed by atoms with Crippen molar-refractivity contribution in [3.63, 3.8) is 0 Å². The number of halogens is 3. The Morgan fingerprint density at radius 1 is 1.32 bits per heavy atom. The Hall–Kier alpha value is -1.36. The third-order valence-electron chi connectivity index (χ3n) is 2.64. The Balaban J connectivity index is 3.06.